The second-order valence-corrected chi connectivity index (χ2v) is 18.4. The highest BCUT2D eigenvalue weighted by molar-refractivity contribution is 5.97. The standard InChI is InChI=1S/C61H47N/c1-59(2)50-25-13-11-22-47(50)48-36-34-44(38-56(48)59)62(43-32-30-41(31-33-43)40-18-7-5-8-19-40)45-35-37-54-57(39-45)60(3,4)52-27-15-16-28-53(52)61(54)51-26-14-12-23-49(51)58-46(24-17-29-55(58)61)42-20-9-6-10-21-42/h5-39H,1-4H3. The van der Waals surface area contributed by atoms with Crippen LogP contribution < -0.4 is 4.90 Å². The average molecular weight is 794 g/mol. The third kappa shape index (κ3) is 5.03. The number of rotatable bonds is 5. The normalized spacial score (nSPS) is 16.7. The van der Waals surface area contributed by atoms with Crippen molar-refractivity contribution in [3.63, 3.8) is 0 Å². The van der Waals surface area contributed by atoms with E-state index in [4.69, 9.17) is 0 Å². The van der Waals surface area contributed by atoms with Crippen LogP contribution in [0.15, 0.2) is 212 Å². The van der Waals surface area contributed by atoms with Crippen LogP contribution in [-0.4, -0.2) is 0 Å². The molecule has 0 bridgehead atoms. The molecule has 3 aliphatic rings. The molecule has 1 nitrogen and oxygen atoms in total. The van der Waals surface area contributed by atoms with Crippen molar-refractivity contribution in [3.05, 3.63) is 257 Å². The predicted octanol–water partition coefficient (Wildman–Crippen LogP) is 15.8. The fraction of sp³-hybridized carbons (Fsp3) is 0.115. The van der Waals surface area contributed by atoms with Gasteiger partial charge < -0.3 is 4.90 Å². The van der Waals surface area contributed by atoms with Crippen molar-refractivity contribution in [1.82, 2.24) is 0 Å². The maximum atomic E-state index is 2.52. The van der Waals surface area contributed by atoms with Crippen LogP contribution in [0.1, 0.15) is 72.2 Å². The molecular formula is C61H47N. The van der Waals surface area contributed by atoms with Crippen molar-refractivity contribution in [3.8, 4) is 44.5 Å². The molecule has 0 heterocycles. The van der Waals surface area contributed by atoms with Gasteiger partial charge in [-0.1, -0.05) is 204 Å². The highest BCUT2D eigenvalue weighted by Crippen LogP contribution is 2.64. The Kier molecular flexibility index (Phi) is 7.91. The number of hydrogen-bond acceptors (Lipinski definition) is 1. The first-order valence-corrected chi connectivity index (χ1v) is 22.0. The molecule has 0 amide bonds. The first-order valence-electron chi connectivity index (χ1n) is 22.0. The topological polar surface area (TPSA) is 3.24 Å². The summed E-state index contributed by atoms with van der Waals surface area (Å²) in [5.74, 6) is 0. The zero-order chi connectivity index (χ0) is 41.8. The van der Waals surface area contributed by atoms with Gasteiger partial charge in [0.1, 0.15) is 0 Å². The zero-order valence-corrected chi connectivity index (χ0v) is 35.7. The fourth-order valence-electron chi connectivity index (χ4n) is 11.6. The van der Waals surface area contributed by atoms with Crippen LogP contribution in [0.5, 0.6) is 0 Å². The Bertz CT molecular complexity index is 3230. The van der Waals surface area contributed by atoms with E-state index in [1.165, 1.54) is 89.0 Å². The van der Waals surface area contributed by atoms with Crippen molar-refractivity contribution < 1.29 is 0 Å². The van der Waals surface area contributed by atoms with E-state index in [-0.39, 0.29) is 10.8 Å². The summed E-state index contributed by atoms with van der Waals surface area (Å²) in [5.41, 5.74) is 23.7. The number of benzene rings is 9. The Morgan fingerprint density at radius 3 is 1.47 bits per heavy atom. The molecule has 0 saturated carbocycles. The number of hydrogen-bond donors (Lipinski definition) is 0. The van der Waals surface area contributed by atoms with Crippen LogP contribution in [0, 0.1) is 0 Å². The summed E-state index contributed by atoms with van der Waals surface area (Å²) in [6.07, 6.45) is 0. The molecule has 1 unspecified atom stereocenters. The lowest BCUT2D eigenvalue weighted by molar-refractivity contribution is 0.563. The maximum Gasteiger partial charge on any atom is 0.0719 e. The van der Waals surface area contributed by atoms with E-state index in [1.807, 2.05) is 0 Å². The second-order valence-electron chi connectivity index (χ2n) is 18.4. The molecule has 1 atom stereocenters. The van der Waals surface area contributed by atoms with Crippen molar-refractivity contribution >= 4 is 17.1 Å². The van der Waals surface area contributed by atoms with Crippen LogP contribution in [0.4, 0.5) is 17.1 Å². The van der Waals surface area contributed by atoms with Gasteiger partial charge in [-0.15, -0.1) is 0 Å². The molecule has 9 aromatic carbocycles. The van der Waals surface area contributed by atoms with Gasteiger partial charge in [0.2, 0.25) is 0 Å². The third-order valence-electron chi connectivity index (χ3n) is 14.6. The molecule has 1 heteroatoms. The lowest BCUT2D eigenvalue weighted by Gasteiger charge is -2.47. The molecule has 3 aliphatic carbocycles. The lowest BCUT2D eigenvalue weighted by Crippen LogP contribution is -2.40. The molecule has 0 saturated heterocycles. The maximum absolute atomic E-state index is 2.52. The van der Waals surface area contributed by atoms with E-state index in [2.05, 4.69) is 245 Å². The summed E-state index contributed by atoms with van der Waals surface area (Å²) in [7, 11) is 0. The zero-order valence-electron chi connectivity index (χ0n) is 35.7. The van der Waals surface area contributed by atoms with Gasteiger partial charge in [-0.25, -0.2) is 0 Å². The molecule has 1 spiro atoms. The summed E-state index contributed by atoms with van der Waals surface area (Å²) in [6, 6.07) is 79.6. The molecule has 62 heavy (non-hydrogen) atoms. The number of anilines is 3. The minimum atomic E-state index is -0.498. The van der Waals surface area contributed by atoms with Gasteiger partial charge in [-0.3, -0.25) is 0 Å². The van der Waals surface area contributed by atoms with Gasteiger partial charge in [-0.2, -0.15) is 0 Å². The molecule has 9 aromatic rings. The van der Waals surface area contributed by atoms with Crippen LogP contribution >= 0.6 is 0 Å². The highest BCUT2D eigenvalue weighted by atomic mass is 15.1. The molecule has 296 valence electrons. The molecule has 0 fully saturated rings. The monoisotopic (exact) mass is 793 g/mol. The van der Waals surface area contributed by atoms with Crippen LogP contribution in [0.25, 0.3) is 44.5 Å². The molecular weight excluding hydrogens is 747 g/mol. The van der Waals surface area contributed by atoms with Crippen LogP contribution in [0.3, 0.4) is 0 Å². The van der Waals surface area contributed by atoms with Crippen molar-refractivity contribution in [1.29, 1.82) is 0 Å². The van der Waals surface area contributed by atoms with Gasteiger partial charge in [-0.05, 0) is 125 Å². The van der Waals surface area contributed by atoms with E-state index in [0.717, 1.165) is 17.1 Å². The third-order valence-corrected chi connectivity index (χ3v) is 14.6. The Hall–Kier alpha value is -7.22. The summed E-state index contributed by atoms with van der Waals surface area (Å²) in [5, 5.41) is 0. The summed E-state index contributed by atoms with van der Waals surface area (Å²) in [6.45, 7) is 9.60. The van der Waals surface area contributed by atoms with Gasteiger partial charge in [0, 0.05) is 27.9 Å². The van der Waals surface area contributed by atoms with Gasteiger partial charge in [0.25, 0.3) is 0 Å². The smallest absolute Gasteiger partial charge is 0.0719 e. The van der Waals surface area contributed by atoms with E-state index in [0.29, 0.717) is 0 Å². The van der Waals surface area contributed by atoms with E-state index in [1.54, 1.807) is 0 Å². The lowest BCUT2D eigenvalue weighted by atomic mass is 9.55. The van der Waals surface area contributed by atoms with Gasteiger partial charge in [0.15, 0.2) is 0 Å². The minimum Gasteiger partial charge on any atom is -0.310 e. The van der Waals surface area contributed by atoms with Crippen LogP contribution in [0.2, 0.25) is 0 Å². The molecule has 0 aliphatic heterocycles. The fourth-order valence-corrected chi connectivity index (χ4v) is 11.6. The first-order chi connectivity index (χ1) is 30.3. The second kappa shape index (κ2) is 13.4. The van der Waals surface area contributed by atoms with E-state index in [9.17, 15) is 0 Å². The van der Waals surface area contributed by atoms with E-state index < -0.39 is 5.41 Å². The van der Waals surface area contributed by atoms with E-state index >= 15 is 0 Å². The van der Waals surface area contributed by atoms with Crippen molar-refractivity contribution in [2.75, 3.05) is 4.90 Å². The summed E-state index contributed by atoms with van der Waals surface area (Å²) in [4.78, 5) is 2.49. The summed E-state index contributed by atoms with van der Waals surface area (Å²) >= 11 is 0. The van der Waals surface area contributed by atoms with Crippen molar-refractivity contribution in [2.24, 2.45) is 0 Å². The summed E-state index contributed by atoms with van der Waals surface area (Å²) < 4.78 is 0. The number of fused-ring (bicyclic) bond motifs is 12. The minimum absolute atomic E-state index is 0.124. The highest BCUT2D eigenvalue weighted by Gasteiger charge is 2.54. The Labute approximate surface area is 365 Å². The van der Waals surface area contributed by atoms with Gasteiger partial charge in [0.05, 0.1) is 5.41 Å². The Morgan fingerprint density at radius 2 is 0.742 bits per heavy atom. The number of nitrogens with zero attached hydrogens (tertiary/aromatic N) is 1. The molecule has 0 N–H and O–H groups in total. The first kappa shape index (κ1) is 36.6. The van der Waals surface area contributed by atoms with Gasteiger partial charge >= 0.3 is 0 Å². The Balaban J connectivity index is 1.11. The SMILES string of the molecule is CC1(C)c2ccccc2-c2ccc(N(c3ccc(-c4ccccc4)cc3)c3ccc4c(c3)C(C)(C)c3ccccc3C43c4ccccc4-c4c(-c5ccccc5)cccc43)cc21. The molecule has 12 rings (SSSR count). The largest absolute Gasteiger partial charge is 0.310 e. The van der Waals surface area contributed by atoms with Crippen LogP contribution in [-0.2, 0) is 16.2 Å². The molecule has 0 aromatic heterocycles. The predicted molar refractivity (Wildman–Crippen MR) is 259 cm³/mol. The Morgan fingerprint density at radius 1 is 0.274 bits per heavy atom. The average Bonchev–Trinajstić information content (AvgIpc) is 3.75. The molecule has 0 radical (unpaired) electrons. The van der Waals surface area contributed by atoms with Crippen molar-refractivity contribution in [2.45, 2.75) is 43.9 Å². The quantitative estimate of drug-likeness (QED) is 0.168.